The molecule has 0 atom stereocenters. The van der Waals surface area contributed by atoms with E-state index in [9.17, 15) is 10.1 Å². The van der Waals surface area contributed by atoms with Crippen molar-refractivity contribution in [2.45, 2.75) is 32.2 Å². The molecule has 1 aliphatic rings. The number of carbonyl (C=O) groups is 1. The number of ether oxygens (including phenoxy) is 4. The van der Waals surface area contributed by atoms with Gasteiger partial charge in [0.25, 0.3) is 0 Å². The van der Waals surface area contributed by atoms with Gasteiger partial charge in [-0.1, -0.05) is 12.1 Å². The Bertz CT molecular complexity index is 1190. The van der Waals surface area contributed by atoms with E-state index in [4.69, 9.17) is 18.9 Å². The number of aromatic nitrogens is 1. The van der Waals surface area contributed by atoms with E-state index in [0.29, 0.717) is 43.7 Å². The quantitative estimate of drug-likeness (QED) is 0.366. The number of benzene rings is 2. The molecule has 35 heavy (non-hydrogen) atoms. The van der Waals surface area contributed by atoms with Gasteiger partial charge < -0.3 is 23.5 Å². The molecule has 184 valence electrons. The van der Waals surface area contributed by atoms with Crippen LogP contribution in [0.25, 0.3) is 22.2 Å². The number of nitrogens with one attached hydrogen (secondary N) is 1. The molecule has 8 heteroatoms. The summed E-state index contributed by atoms with van der Waals surface area (Å²) in [6.45, 7) is 3.97. The van der Waals surface area contributed by atoms with E-state index in [1.54, 1.807) is 7.11 Å². The number of nitrogens with zero attached hydrogens (tertiary/aromatic N) is 2. The Morgan fingerprint density at radius 2 is 1.89 bits per heavy atom. The molecule has 0 unspecified atom stereocenters. The molecule has 0 radical (unpaired) electrons. The standard InChI is InChI=1S/C27H31N3O5/c1-3-34-22-11-12-23-24(18-28)26(30(25(23)17-22)21-5-4-6-21)19-7-9-20(10-8-19)29-27(31)35-16-15-33-14-13-32-2/h7-12,17,21H,3-6,13-16H2,1-2H3,(H,29,31). The Labute approximate surface area is 205 Å². The fourth-order valence-corrected chi connectivity index (χ4v) is 4.27. The summed E-state index contributed by atoms with van der Waals surface area (Å²) in [5.41, 5.74) is 4.12. The van der Waals surface area contributed by atoms with E-state index in [-0.39, 0.29) is 6.61 Å². The van der Waals surface area contributed by atoms with Crippen LogP contribution in [-0.2, 0) is 14.2 Å². The summed E-state index contributed by atoms with van der Waals surface area (Å²) >= 11 is 0. The molecule has 1 N–H and O–H groups in total. The fourth-order valence-electron chi connectivity index (χ4n) is 4.27. The summed E-state index contributed by atoms with van der Waals surface area (Å²) in [6, 6.07) is 16.2. The monoisotopic (exact) mass is 477 g/mol. The van der Waals surface area contributed by atoms with Crippen LogP contribution in [0.4, 0.5) is 10.5 Å². The molecule has 1 amide bonds. The van der Waals surface area contributed by atoms with Crippen LogP contribution in [0, 0.1) is 11.3 Å². The van der Waals surface area contributed by atoms with Gasteiger partial charge in [0.05, 0.1) is 43.2 Å². The van der Waals surface area contributed by atoms with Gasteiger partial charge >= 0.3 is 6.09 Å². The number of anilines is 1. The predicted molar refractivity (Wildman–Crippen MR) is 134 cm³/mol. The van der Waals surface area contributed by atoms with E-state index >= 15 is 0 Å². The minimum absolute atomic E-state index is 0.157. The maximum Gasteiger partial charge on any atom is 0.411 e. The first-order chi connectivity index (χ1) is 17.2. The molecule has 1 aromatic heterocycles. The van der Waals surface area contributed by atoms with Gasteiger partial charge in [-0.3, -0.25) is 5.32 Å². The van der Waals surface area contributed by atoms with Crippen molar-refractivity contribution < 1.29 is 23.7 Å². The lowest BCUT2D eigenvalue weighted by Crippen LogP contribution is -2.18. The van der Waals surface area contributed by atoms with Crippen LogP contribution in [0.3, 0.4) is 0 Å². The summed E-state index contributed by atoms with van der Waals surface area (Å²) in [7, 11) is 1.60. The number of nitriles is 1. The Balaban J connectivity index is 1.54. The van der Waals surface area contributed by atoms with E-state index in [1.807, 2.05) is 49.4 Å². The zero-order chi connectivity index (χ0) is 24.6. The van der Waals surface area contributed by atoms with Crippen molar-refractivity contribution in [2.75, 3.05) is 45.5 Å². The summed E-state index contributed by atoms with van der Waals surface area (Å²) in [4.78, 5) is 12.1. The first-order valence-electron chi connectivity index (χ1n) is 12.0. The molecule has 8 nitrogen and oxygen atoms in total. The fraction of sp³-hybridized carbons (Fsp3) is 0.407. The van der Waals surface area contributed by atoms with Gasteiger partial charge in [0.2, 0.25) is 0 Å². The van der Waals surface area contributed by atoms with Crippen LogP contribution in [-0.4, -0.2) is 50.8 Å². The van der Waals surface area contributed by atoms with Crippen molar-refractivity contribution in [1.82, 2.24) is 4.57 Å². The van der Waals surface area contributed by atoms with Crippen molar-refractivity contribution in [2.24, 2.45) is 0 Å². The number of rotatable bonds is 11. The second-order valence-electron chi connectivity index (χ2n) is 8.35. The van der Waals surface area contributed by atoms with Crippen molar-refractivity contribution in [3.05, 3.63) is 48.0 Å². The lowest BCUT2D eigenvalue weighted by molar-refractivity contribution is 0.0447. The number of amides is 1. The molecule has 1 saturated carbocycles. The molecule has 4 rings (SSSR count). The first-order valence-corrected chi connectivity index (χ1v) is 12.0. The highest BCUT2D eigenvalue weighted by molar-refractivity contribution is 5.96. The van der Waals surface area contributed by atoms with Gasteiger partial charge in [-0.2, -0.15) is 5.26 Å². The van der Waals surface area contributed by atoms with E-state index < -0.39 is 6.09 Å². The zero-order valence-electron chi connectivity index (χ0n) is 20.2. The summed E-state index contributed by atoms with van der Waals surface area (Å²) in [5.74, 6) is 0.802. The minimum Gasteiger partial charge on any atom is -0.494 e. The van der Waals surface area contributed by atoms with E-state index in [2.05, 4.69) is 16.0 Å². The molecular weight excluding hydrogens is 446 g/mol. The van der Waals surface area contributed by atoms with E-state index in [1.165, 1.54) is 6.42 Å². The highest BCUT2D eigenvalue weighted by Gasteiger charge is 2.28. The number of hydrogen-bond acceptors (Lipinski definition) is 6. The van der Waals surface area contributed by atoms with Gasteiger partial charge in [-0.25, -0.2) is 4.79 Å². The maximum absolute atomic E-state index is 12.1. The number of methoxy groups -OCH3 is 1. The van der Waals surface area contributed by atoms with Crippen LogP contribution in [0.15, 0.2) is 42.5 Å². The Hall–Kier alpha value is -3.54. The SMILES string of the molecule is CCOc1ccc2c(C#N)c(-c3ccc(NC(=O)OCCOCCOC)cc3)n(C3CCC3)c2c1. The second-order valence-corrected chi connectivity index (χ2v) is 8.35. The van der Waals surface area contributed by atoms with Crippen LogP contribution < -0.4 is 10.1 Å². The molecule has 0 spiro atoms. The van der Waals surface area contributed by atoms with E-state index in [0.717, 1.165) is 40.8 Å². The first kappa shape index (κ1) is 24.6. The number of hydrogen-bond donors (Lipinski definition) is 1. The predicted octanol–water partition coefficient (Wildman–Crippen LogP) is 5.52. The van der Waals surface area contributed by atoms with Gasteiger partial charge in [0, 0.05) is 30.3 Å². The normalized spacial score (nSPS) is 13.3. The average Bonchev–Trinajstić information content (AvgIpc) is 3.14. The summed E-state index contributed by atoms with van der Waals surface area (Å²) < 4.78 is 23.4. The van der Waals surface area contributed by atoms with Crippen molar-refractivity contribution in [3.63, 3.8) is 0 Å². The number of carbonyl (C=O) groups excluding carboxylic acids is 1. The lowest BCUT2D eigenvalue weighted by Gasteiger charge is -2.30. The Morgan fingerprint density at radius 3 is 2.54 bits per heavy atom. The lowest BCUT2D eigenvalue weighted by atomic mass is 9.92. The molecule has 1 fully saturated rings. The Kier molecular flexibility index (Phi) is 8.24. The maximum atomic E-state index is 12.1. The van der Waals surface area contributed by atoms with Crippen molar-refractivity contribution >= 4 is 22.7 Å². The van der Waals surface area contributed by atoms with Gasteiger partial charge in [-0.05, 0) is 56.0 Å². The molecule has 0 aliphatic heterocycles. The minimum atomic E-state index is -0.544. The molecule has 3 aromatic rings. The van der Waals surface area contributed by atoms with Crippen LogP contribution in [0.2, 0.25) is 0 Å². The number of fused-ring (bicyclic) bond motifs is 1. The summed E-state index contributed by atoms with van der Waals surface area (Å²) in [5, 5.41) is 13.7. The van der Waals surface area contributed by atoms with Crippen LogP contribution in [0.5, 0.6) is 5.75 Å². The molecule has 2 aromatic carbocycles. The third kappa shape index (κ3) is 5.59. The van der Waals surface area contributed by atoms with Crippen LogP contribution >= 0.6 is 0 Å². The van der Waals surface area contributed by atoms with Gasteiger partial charge in [-0.15, -0.1) is 0 Å². The third-order valence-corrected chi connectivity index (χ3v) is 6.14. The van der Waals surface area contributed by atoms with Crippen molar-refractivity contribution in [1.29, 1.82) is 5.26 Å². The van der Waals surface area contributed by atoms with Crippen molar-refractivity contribution in [3.8, 4) is 23.1 Å². The van der Waals surface area contributed by atoms with Gasteiger partial charge in [0.1, 0.15) is 18.4 Å². The van der Waals surface area contributed by atoms with Crippen LogP contribution in [0.1, 0.15) is 37.8 Å². The van der Waals surface area contributed by atoms with Gasteiger partial charge in [0.15, 0.2) is 0 Å². The summed E-state index contributed by atoms with van der Waals surface area (Å²) in [6.07, 6.45) is 2.81. The highest BCUT2D eigenvalue weighted by Crippen LogP contribution is 2.43. The second kappa shape index (κ2) is 11.7. The molecule has 0 bridgehead atoms. The smallest absolute Gasteiger partial charge is 0.411 e. The third-order valence-electron chi connectivity index (χ3n) is 6.14. The molecule has 1 heterocycles. The molecular formula is C27H31N3O5. The molecule has 1 aliphatic carbocycles. The zero-order valence-corrected chi connectivity index (χ0v) is 20.2. The Morgan fingerprint density at radius 1 is 1.11 bits per heavy atom. The molecule has 0 saturated heterocycles. The average molecular weight is 478 g/mol. The topological polar surface area (TPSA) is 94.7 Å². The largest absolute Gasteiger partial charge is 0.494 e. The highest BCUT2D eigenvalue weighted by atomic mass is 16.6.